The molecule has 1 amide bonds. The van der Waals surface area contributed by atoms with E-state index >= 15 is 0 Å². The Morgan fingerprint density at radius 2 is 2.17 bits per heavy atom. The van der Waals surface area contributed by atoms with Gasteiger partial charge in [0, 0.05) is 37.4 Å². The summed E-state index contributed by atoms with van der Waals surface area (Å²) in [7, 11) is 1.95. The van der Waals surface area contributed by atoms with E-state index in [1.54, 1.807) is 0 Å². The molecule has 1 aliphatic carbocycles. The summed E-state index contributed by atoms with van der Waals surface area (Å²) < 4.78 is 7.18. The van der Waals surface area contributed by atoms with E-state index < -0.39 is 5.60 Å². The largest absolute Gasteiger partial charge is 0.444 e. The Labute approximate surface area is 145 Å². The summed E-state index contributed by atoms with van der Waals surface area (Å²) in [4.78, 5) is 11.8. The Hall–Kier alpha value is -1.56. The minimum Gasteiger partial charge on any atom is -0.444 e. The summed E-state index contributed by atoms with van der Waals surface area (Å²) >= 11 is 0. The Balaban J connectivity index is 1.86. The summed E-state index contributed by atoms with van der Waals surface area (Å²) in [5.74, 6) is 0.442. The second-order valence-corrected chi connectivity index (χ2v) is 7.91. The average molecular weight is 336 g/mol. The van der Waals surface area contributed by atoms with Crippen LogP contribution in [0, 0.1) is 12.8 Å². The molecular weight excluding hydrogens is 304 g/mol. The highest BCUT2D eigenvalue weighted by atomic mass is 16.6. The van der Waals surface area contributed by atoms with Crippen LogP contribution in [0.2, 0.25) is 0 Å². The second-order valence-electron chi connectivity index (χ2n) is 7.91. The van der Waals surface area contributed by atoms with E-state index in [4.69, 9.17) is 4.74 Å². The van der Waals surface area contributed by atoms with Crippen LogP contribution in [-0.2, 0) is 11.8 Å². The quantitative estimate of drug-likeness (QED) is 0.867. The summed E-state index contributed by atoms with van der Waals surface area (Å²) in [6.45, 7) is 10.5. The van der Waals surface area contributed by atoms with Gasteiger partial charge >= 0.3 is 6.09 Å². The molecule has 6 nitrogen and oxygen atoms in total. The van der Waals surface area contributed by atoms with Crippen LogP contribution in [0.3, 0.4) is 0 Å². The lowest BCUT2D eigenvalue weighted by Crippen LogP contribution is -2.41. The van der Waals surface area contributed by atoms with Gasteiger partial charge in [-0.3, -0.25) is 4.68 Å². The molecule has 2 rings (SSSR count). The summed E-state index contributed by atoms with van der Waals surface area (Å²) in [5.41, 5.74) is 1.85. The van der Waals surface area contributed by atoms with Crippen molar-refractivity contribution in [2.75, 3.05) is 6.54 Å². The molecule has 1 aromatic rings. The van der Waals surface area contributed by atoms with Gasteiger partial charge in [-0.1, -0.05) is 6.42 Å². The number of hydrogen-bond acceptors (Lipinski definition) is 4. The van der Waals surface area contributed by atoms with Crippen LogP contribution in [0.1, 0.15) is 64.3 Å². The van der Waals surface area contributed by atoms with Crippen molar-refractivity contribution in [3.63, 3.8) is 0 Å². The van der Waals surface area contributed by atoms with E-state index in [1.165, 1.54) is 12.0 Å². The first-order chi connectivity index (χ1) is 11.2. The van der Waals surface area contributed by atoms with Gasteiger partial charge in [-0.25, -0.2) is 4.79 Å². The lowest BCUT2D eigenvalue weighted by atomic mass is 10.0. The third-order valence-corrected chi connectivity index (χ3v) is 4.55. The van der Waals surface area contributed by atoms with Crippen molar-refractivity contribution < 1.29 is 9.53 Å². The molecule has 1 saturated carbocycles. The van der Waals surface area contributed by atoms with Crippen LogP contribution in [0.4, 0.5) is 4.79 Å². The molecule has 6 heteroatoms. The fourth-order valence-electron chi connectivity index (χ4n) is 3.48. The molecule has 3 unspecified atom stereocenters. The van der Waals surface area contributed by atoms with Crippen molar-refractivity contribution in [2.45, 2.75) is 71.6 Å². The first-order valence-corrected chi connectivity index (χ1v) is 8.89. The van der Waals surface area contributed by atoms with Crippen LogP contribution < -0.4 is 10.6 Å². The number of alkyl carbamates (subject to hydrolysis) is 1. The van der Waals surface area contributed by atoms with Crippen molar-refractivity contribution in [3.05, 3.63) is 17.5 Å². The van der Waals surface area contributed by atoms with E-state index in [2.05, 4.69) is 28.9 Å². The molecule has 1 aliphatic rings. The number of aryl methyl sites for hydroxylation is 2. The number of carbonyl (C=O) groups is 1. The SMILES string of the molecule is Cc1nn(C)cc1C(C)NC1CCCC1CNC(=O)OC(C)(C)C. The molecular formula is C18H32N4O2. The van der Waals surface area contributed by atoms with E-state index in [1.807, 2.05) is 39.4 Å². The van der Waals surface area contributed by atoms with Gasteiger partial charge in [0.15, 0.2) is 0 Å². The zero-order valence-corrected chi connectivity index (χ0v) is 15.8. The van der Waals surface area contributed by atoms with Gasteiger partial charge in [-0.2, -0.15) is 5.10 Å². The molecule has 0 spiro atoms. The molecule has 3 atom stereocenters. The Morgan fingerprint density at radius 3 is 2.75 bits per heavy atom. The van der Waals surface area contributed by atoms with Crippen LogP contribution >= 0.6 is 0 Å². The lowest BCUT2D eigenvalue weighted by Gasteiger charge is -2.26. The molecule has 1 aromatic heterocycles. The smallest absolute Gasteiger partial charge is 0.407 e. The fraction of sp³-hybridized carbons (Fsp3) is 0.778. The van der Waals surface area contributed by atoms with Crippen LogP contribution in [0.15, 0.2) is 6.20 Å². The summed E-state index contributed by atoms with van der Waals surface area (Å²) in [5, 5.41) is 11.1. The van der Waals surface area contributed by atoms with Gasteiger partial charge in [0.25, 0.3) is 0 Å². The van der Waals surface area contributed by atoms with Gasteiger partial charge in [0.2, 0.25) is 0 Å². The van der Waals surface area contributed by atoms with Crippen molar-refractivity contribution in [3.8, 4) is 0 Å². The van der Waals surface area contributed by atoms with E-state index in [0.717, 1.165) is 18.5 Å². The third-order valence-electron chi connectivity index (χ3n) is 4.55. The zero-order valence-electron chi connectivity index (χ0n) is 15.8. The normalized spacial score (nSPS) is 22.4. The van der Waals surface area contributed by atoms with Crippen molar-refractivity contribution in [1.82, 2.24) is 20.4 Å². The monoisotopic (exact) mass is 336 g/mol. The maximum absolute atomic E-state index is 11.8. The number of ether oxygens (including phenoxy) is 1. The molecule has 0 radical (unpaired) electrons. The molecule has 0 aliphatic heterocycles. The van der Waals surface area contributed by atoms with Gasteiger partial charge in [-0.15, -0.1) is 0 Å². The molecule has 1 fully saturated rings. The number of aromatic nitrogens is 2. The first-order valence-electron chi connectivity index (χ1n) is 8.89. The molecule has 0 aromatic carbocycles. The Morgan fingerprint density at radius 1 is 1.46 bits per heavy atom. The van der Waals surface area contributed by atoms with E-state index in [9.17, 15) is 4.79 Å². The lowest BCUT2D eigenvalue weighted by molar-refractivity contribution is 0.0517. The summed E-state index contributed by atoms with van der Waals surface area (Å²) in [6, 6.07) is 0.667. The standard InChI is InChI=1S/C18H32N4O2/c1-12(15-11-22(6)21-13(15)2)20-16-9-7-8-14(16)10-19-17(23)24-18(3,4)5/h11-12,14,16,20H,7-10H2,1-6H3,(H,19,23). The van der Waals surface area contributed by atoms with Crippen molar-refractivity contribution in [2.24, 2.45) is 13.0 Å². The van der Waals surface area contributed by atoms with Crippen molar-refractivity contribution >= 4 is 6.09 Å². The maximum Gasteiger partial charge on any atom is 0.407 e. The number of hydrogen-bond donors (Lipinski definition) is 2. The van der Waals surface area contributed by atoms with Crippen LogP contribution in [0.5, 0.6) is 0 Å². The van der Waals surface area contributed by atoms with Gasteiger partial charge in [0.1, 0.15) is 5.60 Å². The number of rotatable bonds is 5. The van der Waals surface area contributed by atoms with Crippen LogP contribution in [-0.4, -0.2) is 34.1 Å². The van der Waals surface area contributed by atoms with Crippen molar-refractivity contribution in [1.29, 1.82) is 0 Å². The topological polar surface area (TPSA) is 68.2 Å². The predicted molar refractivity (Wildman–Crippen MR) is 94.9 cm³/mol. The summed E-state index contributed by atoms with van der Waals surface area (Å²) in [6.07, 6.45) is 5.22. The number of amides is 1. The number of nitrogens with zero attached hydrogens (tertiary/aromatic N) is 2. The molecule has 24 heavy (non-hydrogen) atoms. The Kier molecular flexibility index (Phi) is 5.91. The van der Waals surface area contributed by atoms with Gasteiger partial charge < -0.3 is 15.4 Å². The molecule has 1 heterocycles. The Bertz CT molecular complexity index is 562. The van der Waals surface area contributed by atoms with Gasteiger partial charge in [0.05, 0.1) is 5.69 Å². The van der Waals surface area contributed by atoms with Gasteiger partial charge in [-0.05, 0) is 53.4 Å². The second kappa shape index (κ2) is 7.55. The van der Waals surface area contributed by atoms with E-state index in [0.29, 0.717) is 18.5 Å². The zero-order chi connectivity index (χ0) is 17.9. The highest BCUT2D eigenvalue weighted by Crippen LogP contribution is 2.28. The minimum absolute atomic E-state index is 0.255. The third kappa shape index (κ3) is 5.23. The highest BCUT2D eigenvalue weighted by molar-refractivity contribution is 5.67. The van der Waals surface area contributed by atoms with E-state index in [-0.39, 0.29) is 12.1 Å². The molecule has 2 N–H and O–H groups in total. The fourth-order valence-corrected chi connectivity index (χ4v) is 3.48. The maximum atomic E-state index is 11.8. The number of carbonyl (C=O) groups excluding carboxylic acids is 1. The average Bonchev–Trinajstić information content (AvgIpc) is 3.00. The molecule has 0 saturated heterocycles. The predicted octanol–water partition coefficient (Wildman–Crippen LogP) is 3.07. The number of nitrogens with one attached hydrogen (secondary N) is 2. The first kappa shape index (κ1) is 18.8. The minimum atomic E-state index is -0.455. The highest BCUT2D eigenvalue weighted by Gasteiger charge is 2.29. The molecule has 136 valence electrons. The van der Waals surface area contributed by atoms with Crippen LogP contribution in [0.25, 0.3) is 0 Å². The molecule has 0 bridgehead atoms.